The maximum atomic E-state index is 12.3. The van der Waals surface area contributed by atoms with Crippen molar-refractivity contribution >= 4 is 16.7 Å². The van der Waals surface area contributed by atoms with Crippen LogP contribution in [-0.2, 0) is 29.5 Å². The Morgan fingerprint density at radius 1 is 1.28 bits per heavy atom. The number of carbonyl (C=O) groups is 1. The van der Waals surface area contributed by atoms with Crippen LogP contribution in [0.3, 0.4) is 0 Å². The molecule has 3 aromatic heterocycles. The number of aromatic nitrogens is 5. The van der Waals surface area contributed by atoms with E-state index in [1.807, 2.05) is 29.4 Å². The Hall–Kier alpha value is -4.03. The van der Waals surface area contributed by atoms with Gasteiger partial charge in [-0.15, -0.1) is 4.68 Å². The van der Waals surface area contributed by atoms with Crippen molar-refractivity contribution in [1.29, 1.82) is 5.26 Å². The summed E-state index contributed by atoms with van der Waals surface area (Å²) in [5.74, 6) is 0.0967. The Morgan fingerprint density at radius 3 is 2.89 bits per heavy atom. The number of nitrogens with zero attached hydrogens (tertiary/aromatic N) is 6. The van der Waals surface area contributed by atoms with Crippen molar-refractivity contribution in [3.8, 4) is 28.6 Å². The van der Waals surface area contributed by atoms with Gasteiger partial charge in [0.15, 0.2) is 11.7 Å². The Balaban J connectivity index is 1.49. The summed E-state index contributed by atoms with van der Waals surface area (Å²) in [7, 11) is 1.80. The number of hydrogen-bond acceptors (Lipinski definition) is 5. The number of aromatic amines is 1. The highest BCUT2D eigenvalue weighted by Crippen LogP contribution is 2.35. The highest BCUT2D eigenvalue weighted by Gasteiger charge is 2.36. The van der Waals surface area contributed by atoms with Crippen molar-refractivity contribution in [2.45, 2.75) is 38.8 Å². The van der Waals surface area contributed by atoms with Gasteiger partial charge in [-0.1, -0.05) is 18.2 Å². The molecule has 9 heteroatoms. The number of nitrogens with one attached hydrogen (secondary N) is 1. The van der Waals surface area contributed by atoms with Gasteiger partial charge in [0.05, 0.1) is 43.0 Å². The Bertz CT molecular complexity index is 1520. The lowest BCUT2D eigenvalue weighted by molar-refractivity contribution is -0.782. The maximum absolute atomic E-state index is 12.3. The molecule has 9 nitrogen and oxygen atoms in total. The van der Waals surface area contributed by atoms with Crippen LogP contribution in [0.4, 0.5) is 0 Å². The van der Waals surface area contributed by atoms with Crippen molar-refractivity contribution in [2.24, 2.45) is 7.05 Å². The fraction of sp³-hybridized carbons (Fsp3) is 0.370. The number of pyridine rings is 1. The molecule has 0 bridgehead atoms. The second-order valence-electron chi connectivity index (χ2n) is 9.59. The summed E-state index contributed by atoms with van der Waals surface area (Å²) in [4.78, 5) is 18.9. The van der Waals surface area contributed by atoms with Gasteiger partial charge < -0.3 is 9.64 Å². The standard InChI is InChI=1S/C27H27N7O2/c1-17(35)33-9-6-26-23(16-33)27(31-34(26)19-7-10-36-11-8-19)20-5-3-4-18-12-24(29-14-21(18)20)22-15-32(2)30-25(22)13-28/h3-5,12,14-15,19H,6-11,16H2,1-2H3/p+1. The van der Waals surface area contributed by atoms with Gasteiger partial charge in [0.2, 0.25) is 11.6 Å². The smallest absolute Gasteiger partial charge is 0.219 e. The fourth-order valence-electron chi connectivity index (χ4n) is 5.54. The molecule has 0 unspecified atom stereocenters. The first-order chi connectivity index (χ1) is 17.5. The Morgan fingerprint density at radius 2 is 2.11 bits per heavy atom. The van der Waals surface area contributed by atoms with E-state index >= 15 is 0 Å². The molecule has 2 aliphatic heterocycles. The predicted molar refractivity (Wildman–Crippen MR) is 133 cm³/mol. The second-order valence-corrected chi connectivity index (χ2v) is 9.59. The lowest BCUT2D eigenvalue weighted by Gasteiger charge is -2.25. The minimum atomic E-state index is 0.0967. The number of benzene rings is 1. The van der Waals surface area contributed by atoms with E-state index in [9.17, 15) is 10.1 Å². The van der Waals surface area contributed by atoms with Gasteiger partial charge in [-0.2, -0.15) is 15.5 Å². The molecule has 1 aromatic carbocycles. The number of H-pyrrole nitrogens is 1. The number of nitriles is 1. The van der Waals surface area contributed by atoms with Crippen molar-refractivity contribution < 1.29 is 14.2 Å². The fourth-order valence-corrected chi connectivity index (χ4v) is 5.54. The molecule has 4 aromatic rings. The lowest BCUT2D eigenvalue weighted by atomic mass is 9.96. The monoisotopic (exact) mass is 482 g/mol. The van der Waals surface area contributed by atoms with Crippen LogP contribution in [0.25, 0.3) is 33.3 Å². The molecular formula is C27H28N7O2+. The summed E-state index contributed by atoms with van der Waals surface area (Å²) < 4.78 is 9.58. The number of rotatable bonds is 3. The number of fused-ring (bicyclic) bond motifs is 2. The molecule has 1 saturated heterocycles. The van der Waals surface area contributed by atoms with Gasteiger partial charge in [-0.25, -0.2) is 0 Å². The summed E-state index contributed by atoms with van der Waals surface area (Å²) in [5.41, 5.74) is 6.37. The molecule has 1 amide bonds. The zero-order valence-corrected chi connectivity index (χ0v) is 20.5. The van der Waals surface area contributed by atoms with E-state index in [1.165, 1.54) is 11.3 Å². The third-order valence-corrected chi connectivity index (χ3v) is 7.39. The van der Waals surface area contributed by atoms with Crippen molar-refractivity contribution in [1.82, 2.24) is 24.8 Å². The summed E-state index contributed by atoms with van der Waals surface area (Å²) in [6.07, 6.45) is 6.48. The van der Waals surface area contributed by atoms with Crippen molar-refractivity contribution in [3.05, 3.63) is 53.6 Å². The van der Waals surface area contributed by atoms with E-state index < -0.39 is 0 Å². The second kappa shape index (κ2) is 8.88. The molecule has 0 aliphatic carbocycles. The van der Waals surface area contributed by atoms with E-state index in [0.717, 1.165) is 72.3 Å². The van der Waals surface area contributed by atoms with Crippen LogP contribution in [0.1, 0.15) is 42.8 Å². The van der Waals surface area contributed by atoms with Crippen molar-refractivity contribution in [3.63, 3.8) is 0 Å². The average Bonchev–Trinajstić information content (AvgIpc) is 3.48. The Labute approximate surface area is 208 Å². The van der Waals surface area contributed by atoms with Gasteiger partial charge in [0, 0.05) is 56.7 Å². The van der Waals surface area contributed by atoms with Crippen LogP contribution in [-0.4, -0.2) is 50.4 Å². The lowest BCUT2D eigenvalue weighted by Crippen LogP contribution is -2.49. The zero-order chi connectivity index (χ0) is 24.8. The molecule has 0 radical (unpaired) electrons. The van der Waals surface area contributed by atoms with Crippen LogP contribution in [0.15, 0.2) is 36.7 Å². The summed E-state index contributed by atoms with van der Waals surface area (Å²) in [6.45, 7) is 4.49. The molecule has 36 heavy (non-hydrogen) atoms. The molecule has 182 valence electrons. The number of ether oxygens (including phenoxy) is 1. The summed E-state index contributed by atoms with van der Waals surface area (Å²) in [6, 6.07) is 10.8. The van der Waals surface area contributed by atoms with Crippen LogP contribution in [0, 0.1) is 11.3 Å². The van der Waals surface area contributed by atoms with E-state index in [0.29, 0.717) is 18.3 Å². The van der Waals surface area contributed by atoms with Crippen LogP contribution >= 0.6 is 0 Å². The van der Waals surface area contributed by atoms with Crippen LogP contribution < -0.4 is 4.68 Å². The molecular weight excluding hydrogens is 454 g/mol. The minimum absolute atomic E-state index is 0.0967. The van der Waals surface area contributed by atoms with E-state index in [1.54, 1.807) is 18.7 Å². The molecule has 5 heterocycles. The molecule has 1 N–H and O–H groups in total. The molecule has 0 spiro atoms. The molecule has 2 aliphatic rings. The molecule has 0 saturated carbocycles. The number of hydrogen-bond donors (Lipinski definition) is 1. The van der Waals surface area contributed by atoms with Crippen molar-refractivity contribution in [2.75, 3.05) is 19.8 Å². The molecule has 1 fully saturated rings. The number of carbonyl (C=O) groups excluding carboxylic acids is 1. The number of amides is 1. The maximum Gasteiger partial charge on any atom is 0.219 e. The SMILES string of the molecule is CC(=O)N1CCc2c(c(-c3cccc4cc(-c5cn(C)nc5C#N)ncc34)[nH][n+]2C2CCOCC2)C1. The van der Waals surface area contributed by atoms with Gasteiger partial charge in [-0.3, -0.25) is 14.5 Å². The summed E-state index contributed by atoms with van der Waals surface area (Å²) in [5, 5.41) is 19.5. The molecule has 0 atom stereocenters. The van der Waals surface area contributed by atoms with E-state index in [4.69, 9.17) is 9.72 Å². The largest absolute Gasteiger partial charge is 0.381 e. The van der Waals surface area contributed by atoms with Crippen LogP contribution in [0.5, 0.6) is 0 Å². The normalized spacial score (nSPS) is 16.2. The first kappa shape index (κ1) is 22.4. The molecule has 6 rings (SSSR count). The van der Waals surface area contributed by atoms with Gasteiger partial charge in [0.1, 0.15) is 11.8 Å². The third-order valence-electron chi connectivity index (χ3n) is 7.39. The quantitative estimate of drug-likeness (QED) is 0.452. The van der Waals surface area contributed by atoms with E-state index in [-0.39, 0.29) is 5.91 Å². The first-order valence-corrected chi connectivity index (χ1v) is 12.3. The summed E-state index contributed by atoms with van der Waals surface area (Å²) >= 11 is 0. The third kappa shape index (κ3) is 3.74. The highest BCUT2D eigenvalue weighted by atomic mass is 16.5. The number of aryl methyl sites for hydroxylation is 1. The topological polar surface area (TPSA) is 104 Å². The van der Waals surface area contributed by atoms with Crippen LogP contribution in [0.2, 0.25) is 0 Å². The highest BCUT2D eigenvalue weighted by molar-refractivity contribution is 5.97. The minimum Gasteiger partial charge on any atom is -0.381 e. The van der Waals surface area contributed by atoms with E-state index in [2.05, 4.69) is 33.1 Å². The van der Waals surface area contributed by atoms with Gasteiger partial charge in [-0.05, 0) is 11.5 Å². The van der Waals surface area contributed by atoms with Gasteiger partial charge >= 0.3 is 0 Å². The predicted octanol–water partition coefficient (Wildman–Crippen LogP) is 3.05. The zero-order valence-electron chi connectivity index (χ0n) is 20.5. The first-order valence-electron chi connectivity index (χ1n) is 12.3. The Kier molecular flexibility index (Phi) is 5.53. The van der Waals surface area contributed by atoms with Gasteiger partial charge in [0.25, 0.3) is 0 Å². The average molecular weight is 483 g/mol.